The second-order valence-corrected chi connectivity index (χ2v) is 2.96. The molecule has 0 saturated carbocycles. The van der Waals surface area contributed by atoms with E-state index in [0.29, 0.717) is 5.16 Å². The van der Waals surface area contributed by atoms with Gasteiger partial charge in [0.1, 0.15) is 11.7 Å². The van der Waals surface area contributed by atoms with Gasteiger partial charge in [0.25, 0.3) is 0 Å². The first-order chi connectivity index (χ1) is 6.15. The molecule has 0 bridgehead atoms. The molecule has 3 N–H and O–H groups in total. The van der Waals surface area contributed by atoms with E-state index in [9.17, 15) is 4.79 Å². The second kappa shape index (κ2) is 4.15. The predicted octanol–water partition coefficient (Wildman–Crippen LogP) is -0.322. The highest BCUT2D eigenvalue weighted by atomic mass is 32.2. The van der Waals surface area contributed by atoms with Gasteiger partial charge in [-0.2, -0.15) is 0 Å². The number of hydrogen-bond acceptors (Lipinski definition) is 6. The van der Waals surface area contributed by atoms with Crippen molar-refractivity contribution in [2.75, 3.05) is 6.26 Å². The summed E-state index contributed by atoms with van der Waals surface area (Å²) in [6.07, 6.45) is 3.12. The van der Waals surface area contributed by atoms with Crippen molar-refractivity contribution in [1.29, 1.82) is 0 Å². The first kappa shape index (κ1) is 9.87. The lowest BCUT2D eigenvalue weighted by Gasteiger charge is -2.03. The van der Waals surface area contributed by atoms with Crippen LogP contribution in [0.25, 0.3) is 0 Å². The van der Waals surface area contributed by atoms with Gasteiger partial charge in [-0.3, -0.25) is 4.79 Å². The SMILES string of the molecule is CSc1ncc(C(N)C(=O)O)nn1. The molecule has 0 aromatic carbocycles. The lowest BCUT2D eigenvalue weighted by Crippen LogP contribution is -2.22. The molecule has 6 nitrogen and oxygen atoms in total. The lowest BCUT2D eigenvalue weighted by molar-refractivity contribution is -0.138. The second-order valence-electron chi connectivity index (χ2n) is 2.19. The van der Waals surface area contributed by atoms with E-state index in [1.165, 1.54) is 18.0 Å². The molecule has 1 rings (SSSR count). The summed E-state index contributed by atoms with van der Waals surface area (Å²) in [5, 5.41) is 16.3. The number of nitrogens with two attached hydrogens (primary N) is 1. The molecule has 0 spiro atoms. The number of rotatable bonds is 3. The quantitative estimate of drug-likeness (QED) is 0.644. The van der Waals surface area contributed by atoms with Gasteiger partial charge in [-0.15, -0.1) is 10.2 Å². The zero-order valence-corrected chi connectivity index (χ0v) is 7.65. The summed E-state index contributed by atoms with van der Waals surface area (Å²) in [4.78, 5) is 14.3. The Balaban J connectivity index is 2.85. The van der Waals surface area contributed by atoms with Crippen LogP contribution in [0.1, 0.15) is 11.7 Å². The maximum Gasteiger partial charge on any atom is 0.326 e. The first-order valence-corrected chi connectivity index (χ1v) is 4.59. The van der Waals surface area contributed by atoms with Gasteiger partial charge < -0.3 is 10.8 Å². The van der Waals surface area contributed by atoms with Gasteiger partial charge >= 0.3 is 5.97 Å². The van der Waals surface area contributed by atoms with Crippen LogP contribution >= 0.6 is 11.8 Å². The Kier molecular flexibility index (Phi) is 3.15. The summed E-state index contributed by atoms with van der Waals surface area (Å²) in [5.74, 6) is -1.15. The molecule has 13 heavy (non-hydrogen) atoms. The number of carbonyl (C=O) groups is 1. The van der Waals surface area contributed by atoms with E-state index in [1.54, 1.807) is 6.26 Å². The number of aliphatic carboxylic acids is 1. The Labute approximate surface area is 78.6 Å². The Bertz CT molecular complexity index is 302. The van der Waals surface area contributed by atoms with Gasteiger partial charge in [0, 0.05) is 0 Å². The third-order valence-electron chi connectivity index (χ3n) is 1.33. The predicted molar refractivity (Wildman–Crippen MR) is 46.2 cm³/mol. The summed E-state index contributed by atoms with van der Waals surface area (Å²) in [7, 11) is 0. The molecule has 7 heteroatoms. The van der Waals surface area contributed by atoms with Crippen molar-refractivity contribution in [1.82, 2.24) is 15.2 Å². The van der Waals surface area contributed by atoms with Crippen LogP contribution in [-0.2, 0) is 4.79 Å². The van der Waals surface area contributed by atoms with E-state index in [1.807, 2.05) is 0 Å². The molecule has 1 aromatic rings. The Morgan fingerprint density at radius 1 is 1.69 bits per heavy atom. The summed E-state index contributed by atoms with van der Waals surface area (Å²) >= 11 is 1.32. The van der Waals surface area contributed by atoms with E-state index >= 15 is 0 Å². The molecule has 0 fully saturated rings. The Morgan fingerprint density at radius 2 is 2.38 bits per heavy atom. The minimum absolute atomic E-state index is 0.158. The highest BCUT2D eigenvalue weighted by molar-refractivity contribution is 7.98. The topological polar surface area (TPSA) is 102 Å². The van der Waals surface area contributed by atoms with Crippen molar-refractivity contribution in [3.05, 3.63) is 11.9 Å². The number of carboxylic acids is 1. The summed E-state index contributed by atoms with van der Waals surface area (Å²) in [5.41, 5.74) is 5.44. The van der Waals surface area contributed by atoms with Gasteiger partial charge in [-0.1, -0.05) is 11.8 Å². The molecule has 0 saturated heterocycles. The van der Waals surface area contributed by atoms with E-state index in [2.05, 4.69) is 15.2 Å². The minimum Gasteiger partial charge on any atom is -0.480 e. The first-order valence-electron chi connectivity index (χ1n) is 3.37. The Morgan fingerprint density at radius 3 is 2.77 bits per heavy atom. The van der Waals surface area contributed by atoms with Crippen molar-refractivity contribution in [3.8, 4) is 0 Å². The highest BCUT2D eigenvalue weighted by Crippen LogP contribution is 2.08. The molecule has 1 unspecified atom stereocenters. The number of hydrogen-bond donors (Lipinski definition) is 2. The van der Waals surface area contributed by atoms with Crippen LogP contribution in [0.15, 0.2) is 11.4 Å². The fourth-order valence-corrected chi connectivity index (χ4v) is 0.917. The molecule has 1 heterocycles. The van der Waals surface area contributed by atoms with Crippen molar-refractivity contribution in [2.24, 2.45) is 5.73 Å². The van der Waals surface area contributed by atoms with Gasteiger partial charge in [0.05, 0.1) is 6.20 Å². The van der Waals surface area contributed by atoms with Gasteiger partial charge in [0.15, 0.2) is 0 Å². The third kappa shape index (κ3) is 2.36. The molecule has 0 aliphatic carbocycles. The number of nitrogens with zero attached hydrogens (tertiary/aromatic N) is 3. The minimum atomic E-state index is -1.16. The van der Waals surface area contributed by atoms with Crippen molar-refractivity contribution in [2.45, 2.75) is 11.2 Å². The van der Waals surface area contributed by atoms with Crippen LogP contribution in [-0.4, -0.2) is 32.5 Å². The van der Waals surface area contributed by atoms with Gasteiger partial charge in [-0.05, 0) is 6.26 Å². The maximum atomic E-state index is 10.4. The Hall–Kier alpha value is -1.21. The summed E-state index contributed by atoms with van der Waals surface area (Å²) in [6, 6.07) is -1.16. The van der Waals surface area contributed by atoms with E-state index in [4.69, 9.17) is 10.8 Å². The van der Waals surface area contributed by atoms with Crippen molar-refractivity contribution in [3.63, 3.8) is 0 Å². The van der Waals surface area contributed by atoms with Crippen LogP contribution in [0.2, 0.25) is 0 Å². The number of carboxylic acid groups (broad SMARTS) is 1. The molecular formula is C6H8N4O2S. The summed E-state index contributed by atoms with van der Waals surface area (Å²) < 4.78 is 0. The van der Waals surface area contributed by atoms with E-state index < -0.39 is 12.0 Å². The average molecular weight is 200 g/mol. The molecule has 1 aromatic heterocycles. The van der Waals surface area contributed by atoms with E-state index in [0.717, 1.165) is 0 Å². The van der Waals surface area contributed by atoms with Crippen molar-refractivity contribution >= 4 is 17.7 Å². The van der Waals surface area contributed by atoms with Crippen LogP contribution in [0.5, 0.6) is 0 Å². The fourth-order valence-electron chi connectivity index (χ4n) is 0.636. The normalized spacial score (nSPS) is 12.5. The standard InChI is InChI=1S/C6H8N4O2S/c1-13-6-8-2-3(9-10-6)4(7)5(11)12/h2,4H,7H2,1H3,(H,11,12). The monoisotopic (exact) mass is 200 g/mol. The van der Waals surface area contributed by atoms with Gasteiger partial charge in [-0.25, -0.2) is 4.98 Å². The lowest BCUT2D eigenvalue weighted by atomic mass is 10.2. The smallest absolute Gasteiger partial charge is 0.326 e. The molecule has 0 aliphatic heterocycles. The zero-order chi connectivity index (χ0) is 9.84. The van der Waals surface area contributed by atoms with Crippen LogP contribution in [0.4, 0.5) is 0 Å². The van der Waals surface area contributed by atoms with Crippen LogP contribution < -0.4 is 5.73 Å². The molecule has 70 valence electrons. The van der Waals surface area contributed by atoms with Gasteiger partial charge in [0.2, 0.25) is 5.16 Å². The highest BCUT2D eigenvalue weighted by Gasteiger charge is 2.16. The average Bonchev–Trinajstić information content (AvgIpc) is 2.17. The molecule has 1 atom stereocenters. The van der Waals surface area contributed by atoms with E-state index in [-0.39, 0.29) is 5.69 Å². The fraction of sp³-hybridized carbons (Fsp3) is 0.333. The summed E-state index contributed by atoms with van der Waals surface area (Å²) in [6.45, 7) is 0. The molecule has 0 radical (unpaired) electrons. The molecule has 0 aliphatic rings. The number of thioether (sulfide) groups is 1. The zero-order valence-electron chi connectivity index (χ0n) is 6.84. The maximum absolute atomic E-state index is 10.4. The molecular weight excluding hydrogens is 192 g/mol. The largest absolute Gasteiger partial charge is 0.480 e. The third-order valence-corrected chi connectivity index (χ3v) is 1.88. The van der Waals surface area contributed by atoms with Crippen LogP contribution in [0.3, 0.4) is 0 Å². The molecule has 0 amide bonds. The van der Waals surface area contributed by atoms with Crippen molar-refractivity contribution < 1.29 is 9.90 Å². The van der Waals surface area contributed by atoms with Crippen LogP contribution in [0, 0.1) is 0 Å². The number of aromatic nitrogens is 3.